The van der Waals surface area contributed by atoms with Gasteiger partial charge in [0.15, 0.2) is 5.82 Å². The van der Waals surface area contributed by atoms with E-state index in [1.54, 1.807) is 18.6 Å². The van der Waals surface area contributed by atoms with Crippen LogP contribution >= 0.6 is 0 Å². The smallest absolute Gasteiger partial charge is 0.313 e. The maximum atomic E-state index is 12.4. The second kappa shape index (κ2) is 5.58. The Morgan fingerprint density at radius 2 is 2.21 bits per heavy atom. The van der Waals surface area contributed by atoms with E-state index in [0.29, 0.717) is 12.5 Å². The molecule has 2 unspecified atom stereocenters. The Balaban J connectivity index is 1.64. The van der Waals surface area contributed by atoms with Crippen molar-refractivity contribution in [2.24, 2.45) is 11.3 Å². The fourth-order valence-electron chi connectivity index (χ4n) is 4.23. The number of nitrogens with zero attached hydrogens (tertiary/aromatic N) is 5. The van der Waals surface area contributed by atoms with E-state index in [4.69, 9.17) is 9.72 Å². The number of rotatable bonds is 3. The van der Waals surface area contributed by atoms with Crippen molar-refractivity contribution in [2.75, 3.05) is 25.1 Å². The number of hydrogen-bond acceptors (Lipinski definition) is 6. The number of anilines is 1. The molecule has 0 aromatic carbocycles. The van der Waals surface area contributed by atoms with Crippen molar-refractivity contribution >= 4 is 11.8 Å². The molecule has 2 aliphatic rings. The van der Waals surface area contributed by atoms with Gasteiger partial charge in [0.05, 0.1) is 24.9 Å². The maximum Gasteiger partial charge on any atom is 0.313 e. The van der Waals surface area contributed by atoms with Gasteiger partial charge in [-0.1, -0.05) is 6.42 Å². The standard InChI is InChI=1S/C17H21N5O2/c1-12-19-6-7-22(12)15-9-18-8-14(20-15)21-10-13-4-3-5-17(13,11-21)16(23)24-2/h6-9,13H,3-5,10-11H2,1-2H3. The Hall–Kier alpha value is -2.44. The monoisotopic (exact) mass is 327 g/mol. The Morgan fingerprint density at radius 3 is 2.96 bits per heavy atom. The number of ether oxygens (including phenoxy) is 1. The van der Waals surface area contributed by atoms with Crippen LogP contribution in [0.3, 0.4) is 0 Å². The number of methoxy groups -OCH3 is 1. The van der Waals surface area contributed by atoms with Crippen molar-refractivity contribution in [1.29, 1.82) is 0 Å². The van der Waals surface area contributed by atoms with Gasteiger partial charge in [0.2, 0.25) is 0 Å². The second-order valence-corrected chi connectivity index (χ2v) is 6.70. The van der Waals surface area contributed by atoms with Crippen molar-refractivity contribution in [3.63, 3.8) is 0 Å². The molecule has 2 atom stereocenters. The second-order valence-electron chi connectivity index (χ2n) is 6.70. The minimum absolute atomic E-state index is 0.0814. The van der Waals surface area contributed by atoms with E-state index in [9.17, 15) is 4.79 Å². The molecule has 2 fully saturated rings. The van der Waals surface area contributed by atoms with Crippen LogP contribution in [-0.2, 0) is 9.53 Å². The quantitative estimate of drug-likeness (QED) is 0.800. The first-order valence-corrected chi connectivity index (χ1v) is 8.30. The van der Waals surface area contributed by atoms with Crippen LogP contribution in [-0.4, -0.2) is 45.7 Å². The van der Waals surface area contributed by atoms with Gasteiger partial charge in [-0.15, -0.1) is 0 Å². The lowest BCUT2D eigenvalue weighted by atomic mass is 9.81. The molecule has 0 amide bonds. The molecule has 126 valence electrons. The van der Waals surface area contributed by atoms with Gasteiger partial charge in [-0.25, -0.2) is 9.97 Å². The number of aryl methyl sites for hydroxylation is 1. The molecule has 1 aliphatic carbocycles. The van der Waals surface area contributed by atoms with Crippen LogP contribution in [0.5, 0.6) is 0 Å². The highest BCUT2D eigenvalue weighted by Gasteiger charge is 2.55. The lowest BCUT2D eigenvalue weighted by Gasteiger charge is -2.25. The van der Waals surface area contributed by atoms with Gasteiger partial charge in [-0.05, 0) is 25.7 Å². The van der Waals surface area contributed by atoms with Crippen LogP contribution in [0.2, 0.25) is 0 Å². The van der Waals surface area contributed by atoms with E-state index in [1.165, 1.54) is 7.11 Å². The Kier molecular flexibility index (Phi) is 3.51. The summed E-state index contributed by atoms with van der Waals surface area (Å²) in [6.07, 6.45) is 10.2. The zero-order chi connectivity index (χ0) is 16.7. The van der Waals surface area contributed by atoms with Crippen LogP contribution in [0, 0.1) is 18.3 Å². The highest BCUT2D eigenvalue weighted by molar-refractivity contribution is 5.79. The molecule has 1 saturated carbocycles. The van der Waals surface area contributed by atoms with Crippen molar-refractivity contribution < 1.29 is 9.53 Å². The van der Waals surface area contributed by atoms with E-state index in [-0.39, 0.29) is 11.4 Å². The van der Waals surface area contributed by atoms with Crippen LogP contribution in [0.4, 0.5) is 5.82 Å². The first-order valence-electron chi connectivity index (χ1n) is 8.30. The number of hydrogen-bond donors (Lipinski definition) is 0. The zero-order valence-electron chi connectivity index (χ0n) is 14.0. The SMILES string of the molecule is COC(=O)C12CCCC1CN(c1cncc(-n3ccnc3C)n1)C2. The molecular formula is C17H21N5O2. The third-order valence-electron chi connectivity index (χ3n) is 5.47. The van der Waals surface area contributed by atoms with E-state index in [1.807, 2.05) is 17.7 Å². The summed E-state index contributed by atoms with van der Waals surface area (Å²) in [4.78, 5) is 27.9. The van der Waals surface area contributed by atoms with Crippen LogP contribution in [0.15, 0.2) is 24.8 Å². The van der Waals surface area contributed by atoms with E-state index >= 15 is 0 Å². The topological polar surface area (TPSA) is 73.1 Å². The van der Waals surface area contributed by atoms with Crippen molar-refractivity contribution in [1.82, 2.24) is 19.5 Å². The molecule has 2 aromatic heterocycles. The molecule has 0 N–H and O–H groups in total. The number of aromatic nitrogens is 4. The minimum Gasteiger partial charge on any atom is -0.469 e. The molecule has 2 aromatic rings. The molecule has 0 bridgehead atoms. The summed E-state index contributed by atoms with van der Waals surface area (Å²) in [6, 6.07) is 0. The molecule has 0 radical (unpaired) electrons. The summed E-state index contributed by atoms with van der Waals surface area (Å²) in [6.45, 7) is 3.42. The lowest BCUT2D eigenvalue weighted by Crippen LogP contribution is -2.37. The van der Waals surface area contributed by atoms with Gasteiger partial charge in [0.1, 0.15) is 11.6 Å². The Morgan fingerprint density at radius 1 is 1.38 bits per heavy atom. The van der Waals surface area contributed by atoms with Crippen molar-refractivity contribution in [2.45, 2.75) is 26.2 Å². The molecule has 1 aliphatic heterocycles. The molecule has 7 heteroatoms. The fourth-order valence-corrected chi connectivity index (χ4v) is 4.23. The maximum absolute atomic E-state index is 12.4. The third kappa shape index (κ3) is 2.18. The highest BCUT2D eigenvalue weighted by Crippen LogP contribution is 2.50. The fraction of sp³-hybridized carbons (Fsp3) is 0.529. The average molecular weight is 327 g/mol. The number of fused-ring (bicyclic) bond motifs is 1. The lowest BCUT2D eigenvalue weighted by molar-refractivity contribution is -0.152. The Bertz CT molecular complexity index is 774. The summed E-state index contributed by atoms with van der Waals surface area (Å²) in [5.41, 5.74) is -0.378. The van der Waals surface area contributed by atoms with Gasteiger partial charge < -0.3 is 9.64 Å². The van der Waals surface area contributed by atoms with E-state index in [2.05, 4.69) is 14.9 Å². The summed E-state index contributed by atoms with van der Waals surface area (Å²) in [7, 11) is 1.48. The third-order valence-corrected chi connectivity index (χ3v) is 5.47. The molecule has 7 nitrogen and oxygen atoms in total. The summed E-state index contributed by atoms with van der Waals surface area (Å²) >= 11 is 0. The van der Waals surface area contributed by atoms with Gasteiger partial charge in [0, 0.05) is 25.5 Å². The average Bonchev–Trinajstić information content (AvgIpc) is 3.28. The molecular weight excluding hydrogens is 306 g/mol. The van der Waals surface area contributed by atoms with Crippen molar-refractivity contribution in [3.05, 3.63) is 30.6 Å². The first-order chi connectivity index (χ1) is 11.6. The molecule has 24 heavy (non-hydrogen) atoms. The van der Waals surface area contributed by atoms with Gasteiger partial charge in [0.25, 0.3) is 0 Å². The van der Waals surface area contributed by atoms with E-state index < -0.39 is 0 Å². The normalized spacial score (nSPS) is 25.8. The molecule has 3 heterocycles. The van der Waals surface area contributed by atoms with Gasteiger partial charge in [-0.2, -0.15) is 0 Å². The van der Waals surface area contributed by atoms with Gasteiger partial charge in [-0.3, -0.25) is 14.3 Å². The molecule has 0 spiro atoms. The molecule has 1 saturated heterocycles. The number of imidazole rings is 1. The largest absolute Gasteiger partial charge is 0.469 e. The van der Waals surface area contributed by atoms with Crippen LogP contribution in [0.1, 0.15) is 25.1 Å². The predicted molar refractivity (Wildman–Crippen MR) is 87.9 cm³/mol. The number of esters is 1. The summed E-state index contributed by atoms with van der Waals surface area (Å²) < 4.78 is 7.01. The summed E-state index contributed by atoms with van der Waals surface area (Å²) in [5.74, 6) is 2.67. The first kappa shape index (κ1) is 15.1. The van der Waals surface area contributed by atoms with Crippen LogP contribution < -0.4 is 4.90 Å². The summed E-state index contributed by atoms with van der Waals surface area (Å²) in [5, 5.41) is 0. The minimum atomic E-state index is -0.378. The van der Waals surface area contributed by atoms with Crippen molar-refractivity contribution in [3.8, 4) is 5.82 Å². The van der Waals surface area contributed by atoms with E-state index in [0.717, 1.165) is 43.3 Å². The number of carbonyl (C=O) groups is 1. The predicted octanol–water partition coefficient (Wildman–Crippen LogP) is 1.75. The Labute approximate surface area is 140 Å². The van der Waals surface area contributed by atoms with Gasteiger partial charge >= 0.3 is 5.97 Å². The zero-order valence-corrected chi connectivity index (χ0v) is 14.0. The van der Waals surface area contributed by atoms with Crippen LogP contribution in [0.25, 0.3) is 5.82 Å². The molecule has 4 rings (SSSR count). The number of carbonyl (C=O) groups excluding carboxylic acids is 1. The highest BCUT2D eigenvalue weighted by atomic mass is 16.5.